The van der Waals surface area contributed by atoms with Gasteiger partial charge in [0.1, 0.15) is 5.60 Å². The van der Waals surface area contributed by atoms with E-state index in [2.05, 4.69) is 0 Å². The minimum atomic E-state index is -2.24. The monoisotopic (exact) mass is 234 g/mol. The first kappa shape index (κ1) is 12.0. The number of carbonyl (C=O) groups is 1. The Balaban J connectivity index is 2.58. The van der Waals surface area contributed by atoms with Gasteiger partial charge in [0.25, 0.3) is 13.0 Å². The van der Waals surface area contributed by atoms with Crippen molar-refractivity contribution < 1.29 is 9.53 Å². The second-order valence-electron chi connectivity index (χ2n) is 5.03. The van der Waals surface area contributed by atoms with Gasteiger partial charge in [-0.3, -0.25) is 4.79 Å². The van der Waals surface area contributed by atoms with Crippen molar-refractivity contribution in [2.45, 2.75) is 57.7 Å². The van der Waals surface area contributed by atoms with Crippen LogP contribution < -0.4 is 0 Å². The van der Waals surface area contributed by atoms with E-state index in [4.69, 9.17) is 15.8 Å². The number of carbonyl (C=O) groups excluding carboxylic acids is 1. The van der Waals surface area contributed by atoms with E-state index in [1.807, 2.05) is 20.8 Å². The molecule has 1 fully saturated rings. The van der Waals surface area contributed by atoms with Gasteiger partial charge in [0.2, 0.25) is 0 Å². The molecule has 82 valence electrons. The van der Waals surface area contributed by atoms with Crippen LogP contribution in [0.4, 0.5) is 4.79 Å². The zero-order chi connectivity index (χ0) is 10.8. The third-order valence-electron chi connectivity index (χ3n) is 2.41. The van der Waals surface area contributed by atoms with Crippen molar-refractivity contribution >= 4 is 24.1 Å². The zero-order valence-corrected chi connectivity index (χ0v) is 11.0. The highest BCUT2D eigenvalue weighted by Gasteiger charge is 2.44. The molecule has 0 amide bonds. The van der Waals surface area contributed by atoms with Crippen LogP contribution in [0.2, 0.25) is 12.1 Å². The molecule has 0 radical (unpaired) electrons. The van der Waals surface area contributed by atoms with Crippen molar-refractivity contribution in [3.8, 4) is 0 Å². The Morgan fingerprint density at radius 2 is 1.71 bits per heavy atom. The van der Waals surface area contributed by atoms with Crippen LogP contribution in [-0.4, -0.2) is 18.6 Å². The van der Waals surface area contributed by atoms with Crippen LogP contribution in [0.3, 0.4) is 0 Å². The second-order valence-corrected chi connectivity index (χ2v) is 10.5. The lowest BCUT2D eigenvalue weighted by molar-refractivity contribution is 0.0704. The highest BCUT2D eigenvalue weighted by atomic mass is 35.6. The molecule has 0 bridgehead atoms. The number of ether oxygens (including phenoxy) is 1. The molecule has 4 heteroatoms. The lowest BCUT2D eigenvalue weighted by Gasteiger charge is -2.30. The Bertz CT molecular complexity index is 217. The van der Waals surface area contributed by atoms with Gasteiger partial charge in [-0.15, -0.1) is 0 Å². The highest BCUT2D eigenvalue weighted by Crippen LogP contribution is 2.34. The Morgan fingerprint density at radius 1 is 1.21 bits per heavy atom. The molecule has 1 aliphatic rings. The molecular weight excluding hydrogens is 216 g/mol. The molecule has 0 atom stereocenters. The van der Waals surface area contributed by atoms with Gasteiger partial charge in [0, 0.05) is 0 Å². The molecule has 14 heavy (non-hydrogen) atoms. The summed E-state index contributed by atoms with van der Waals surface area (Å²) in [5.41, 5.74) is -0.505. The maximum Gasteiger partial charge on any atom is 0.290 e. The summed E-state index contributed by atoms with van der Waals surface area (Å²) in [6.45, 7) is 5.67. The molecule has 1 rings (SSSR count). The van der Waals surface area contributed by atoms with E-state index in [9.17, 15) is 4.79 Å². The first-order chi connectivity index (χ1) is 6.33. The molecule has 0 aliphatic carbocycles. The maximum absolute atomic E-state index is 11.8. The van der Waals surface area contributed by atoms with Gasteiger partial charge in [-0.25, -0.2) is 0 Å². The van der Waals surface area contributed by atoms with Crippen LogP contribution in [0, 0.1) is 0 Å². The maximum atomic E-state index is 11.8. The van der Waals surface area contributed by atoms with Gasteiger partial charge in [-0.05, 0) is 32.9 Å². The zero-order valence-electron chi connectivity index (χ0n) is 9.23. The first-order valence-corrected chi connectivity index (χ1v) is 8.68. The summed E-state index contributed by atoms with van der Waals surface area (Å²) in [4.78, 5) is 11.8. The van der Waals surface area contributed by atoms with Crippen molar-refractivity contribution in [3.63, 3.8) is 0 Å². The number of rotatable bonds is 1. The fraction of sp³-hybridized carbons (Fsp3) is 0.900. The first-order valence-electron chi connectivity index (χ1n) is 5.26. The van der Waals surface area contributed by atoms with Crippen molar-refractivity contribution in [3.05, 3.63) is 0 Å². The van der Waals surface area contributed by atoms with E-state index in [1.54, 1.807) is 0 Å². The SMILES string of the molecule is CC(C)(C)OC(=O)[Si]1(Cl)CCCCC1. The van der Waals surface area contributed by atoms with Gasteiger partial charge in [-0.1, -0.05) is 19.3 Å². The van der Waals surface area contributed by atoms with Crippen LogP contribution in [0.1, 0.15) is 40.0 Å². The number of halogens is 1. The molecule has 0 saturated carbocycles. The molecule has 0 aromatic heterocycles. The van der Waals surface area contributed by atoms with E-state index >= 15 is 0 Å². The summed E-state index contributed by atoms with van der Waals surface area (Å²) in [6, 6.07) is 1.78. The van der Waals surface area contributed by atoms with Gasteiger partial charge >= 0.3 is 0 Å². The minimum Gasteiger partial charge on any atom is -0.463 e. The van der Waals surface area contributed by atoms with Crippen molar-refractivity contribution in [1.29, 1.82) is 0 Å². The largest absolute Gasteiger partial charge is 0.463 e. The predicted molar refractivity (Wildman–Crippen MR) is 61.3 cm³/mol. The predicted octanol–water partition coefficient (Wildman–Crippen LogP) is 3.87. The van der Waals surface area contributed by atoms with E-state index in [0.29, 0.717) is 0 Å². The van der Waals surface area contributed by atoms with Crippen molar-refractivity contribution in [2.24, 2.45) is 0 Å². The molecule has 0 aromatic rings. The molecule has 1 saturated heterocycles. The summed E-state index contributed by atoms with van der Waals surface area (Å²) in [5.74, 6) is 0. The quantitative estimate of drug-likeness (QED) is 0.509. The molecule has 1 heterocycles. The van der Waals surface area contributed by atoms with Crippen LogP contribution in [-0.2, 0) is 4.74 Å². The van der Waals surface area contributed by atoms with Crippen LogP contribution in [0.15, 0.2) is 0 Å². The lowest BCUT2D eigenvalue weighted by Crippen LogP contribution is -2.43. The van der Waals surface area contributed by atoms with Crippen LogP contribution >= 0.6 is 11.1 Å². The normalized spacial score (nSPS) is 21.7. The summed E-state index contributed by atoms with van der Waals surface area (Å²) in [6.07, 6.45) is 3.40. The number of hydrogen-bond acceptors (Lipinski definition) is 2. The van der Waals surface area contributed by atoms with Crippen LogP contribution in [0.25, 0.3) is 0 Å². The standard InChI is InChI=1S/C10H19ClO2Si/c1-10(2,3)13-9(12)14(11)7-5-4-6-8-14/h4-8H2,1-3H3. The van der Waals surface area contributed by atoms with E-state index in [-0.39, 0.29) is 5.59 Å². The summed E-state index contributed by atoms with van der Waals surface area (Å²) < 4.78 is 5.37. The smallest absolute Gasteiger partial charge is 0.290 e. The molecule has 1 aliphatic heterocycles. The van der Waals surface area contributed by atoms with Gasteiger partial charge in [0.15, 0.2) is 0 Å². The van der Waals surface area contributed by atoms with E-state index < -0.39 is 13.0 Å². The van der Waals surface area contributed by atoms with Gasteiger partial charge in [-0.2, -0.15) is 11.1 Å². The fourth-order valence-electron chi connectivity index (χ4n) is 1.69. The van der Waals surface area contributed by atoms with Crippen molar-refractivity contribution in [2.75, 3.05) is 0 Å². The summed E-state index contributed by atoms with van der Waals surface area (Å²) in [5, 5.41) is 0. The number of hydrogen-bond donors (Lipinski definition) is 0. The van der Waals surface area contributed by atoms with E-state index in [0.717, 1.165) is 24.9 Å². The third kappa shape index (κ3) is 3.28. The Hall–Kier alpha value is -0.0231. The molecule has 0 unspecified atom stereocenters. The topological polar surface area (TPSA) is 26.3 Å². The Morgan fingerprint density at radius 3 is 2.14 bits per heavy atom. The van der Waals surface area contributed by atoms with Crippen LogP contribution in [0.5, 0.6) is 0 Å². The minimum absolute atomic E-state index is 0.105. The molecule has 2 nitrogen and oxygen atoms in total. The highest BCUT2D eigenvalue weighted by molar-refractivity contribution is 7.35. The summed E-state index contributed by atoms with van der Waals surface area (Å²) >= 11 is 6.40. The van der Waals surface area contributed by atoms with Crippen molar-refractivity contribution in [1.82, 2.24) is 0 Å². The lowest BCUT2D eigenvalue weighted by atomic mass is 10.2. The fourth-order valence-corrected chi connectivity index (χ4v) is 5.37. The van der Waals surface area contributed by atoms with Gasteiger partial charge < -0.3 is 4.74 Å². The summed E-state index contributed by atoms with van der Waals surface area (Å²) in [7, 11) is -2.24. The third-order valence-corrected chi connectivity index (χ3v) is 7.13. The van der Waals surface area contributed by atoms with E-state index in [1.165, 1.54) is 6.42 Å². The average Bonchev–Trinajstić information content (AvgIpc) is 2.02. The molecule has 0 N–H and O–H groups in total. The Labute approximate surface area is 91.7 Å². The average molecular weight is 235 g/mol. The molecular formula is C10H19ClO2Si. The second kappa shape index (κ2) is 4.23. The molecule has 0 spiro atoms. The van der Waals surface area contributed by atoms with Gasteiger partial charge in [0.05, 0.1) is 0 Å². The molecule has 0 aromatic carbocycles. The Kier molecular flexibility index (Phi) is 3.64.